The molecule has 0 unspecified atom stereocenters. The summed E-state index contributed by atoms with van der Waals surface area (Å²) in [5, 5.41) is 3.70. The van der Waals surface area contributed by atoms with Gasteiger partial charge in [-0.25, -0.2) is 9.97 Å². The lowest BCUT2D eigenvalue weighted by Gasteiger charge is -2.32. The Morgan fingerprint density at radius 1 is 0.947 bits per heavy atom. The number of carbonyl (C=O) groups excluding carboxylic acids is 2. The molecule has 1 saturated carbocycles. The topological polar surface area (TPSA) is 97.8 Å². The summed E-state index contributed by atoms with van der Waals surface area (Å²) in [4.78, 5) is 47.4. The number of amides is 2. The maximum absolute atomic E-state index is 12.8. The molecule has 1 N–H and O–H groups in total. The minimum atomic E-state index is -0.0475. The van der Waals surface area contributed by atoms with Crippen molar-refractivity contribution in [3.05, 3.63) is 35.2 Å². The molecule has 2 aromatic rings. The van der Waals surface area contributed by atoms with Crippen molar-refractivity contribution in [2.45, 2.75) is 26.7 Å². The highest BCUT2D eigenvalue weighted by molar-refractivity contribution is 6.32. The lowest BCUT2D eigenvalue weighted by Crippen LogP contribution is -2.47. The Hall–Kier alpha value is -2.98. The van der Waals surface area contributed by atoms with Crippen molar-refractivity contribution in [2.75, 3.05) is 69.6 Å². The second-order valence-electron chi connectivity index (χ2n) is 12.0. The Bertz CT molecular complexity index is 1230. The molecule has 10 nitrogen and oxygen atoms in total. The first-order valence-corrected chi connectivity index (χ1v) is 13.8. The fourth-order valence-corrected chi connectivity index (χ4v) is 6.30. The van der Waals surface area contributed by atoms with Gasteiger partial charge in [0.15, 0.2) is 5.82 Å². The highest BCUT2D eigenvalue weighted by Gasteiger charge is 2.59. The molecule has 5 heterocycles. The van der Waals surface area contributed by atoms with Crippen molar-refractivity contribution in [1.29, 1.82) is 0 Å². The second kappa shape index (κ2) is 9.34. The van der Waals surface area contributed by atoms with Gasteiger partial charge in [-0.3, -0.25) is 9.59 Å². The summed E-state index contributed by atoms with van der Waals surface area (Å²) in [7, 11) is 2.06. The Morgan fingerprint density at radius 3 is 2.24 bits per heavy atom. The van der Waals surface area contributed by atoms with Gasteiger partial charge < -0.3 is 24.9 Å². The average Bonchev–Trinajstić information content (AvgIpc) is 3.66. The molecule has 1 aliphatic carbocycles. The van der Waals surface area contributed by atoms with Gasteiger partial charge in [0.2, 0.25) is 11.9 Å². The molecule has 4 fully saturated rings. The SMILES string of the molecule is CN1CCN(C(=O)c2ccc(Nc3ncc(Cl)c(N4C[C@]5(C)CN(C(=O)C6CC6)C[C@]5(C)C4)n3)cn2)CC1. The number of rotatable bonds is 5. The van der Waals surface area contributed by atoms with E-state index in [1.807, 2.05) is 11.0 Å². The zero-order valence-corrected chi connectivity index (χ0v) is 23.0. The van der Waals surface area contributed by atoms with Gasteiger partial charge in [0, 0.05) is 69.1 Å². The standard InChI is InChI=1S/C27H35ClN8O2/c1-26-14-35(15-27(26,2)17-36(16-26)23(37)18-4-5-18)22-20(28)13-30-25(32-22)31-19-6-7-21(29-12-19)24(38)34-10-8-33(3)9-11-34/h6-7,12-13,18H,4-5,8-11,14-17H2,1-3H3,(H,30,31,32)/t26-,27+. The van der Waals surface area contributed by atoms with Crippen LogP contribution in [0.2, 0.25) is 5.02 Å². The van der Waals surface area contributed by atoms with Crippen LogP contribution >= 0.6 is 11.6 Å². The maximum atomic E-state index is 12.8. The van der Waals surface area contributed by atoms with Crippen molar-refractivity contribution in [2.24, 2.45) is 16.7 Å². The molecule has 2 aromatic heterocycles. The quantitative estimate of drug-likeness (QED) is 0.620. The molecule has 3 aliphatic heterocycles. The molecular formula is C27H35ClN8O2. The second-order valence-corrected chi connectivity index (χ2v) is 12.4. The van der Waals surface area contributed by atoms with Crippen LogP contribution < -0.4 is 10.2 Å². The third-order valence-electron chi connectivity index (χ3n) is 8.91. The molecule has 6 rings (SSSR count). The fraction of sp³-hybridized carbons (Fsp3) is 0.593. The number of halogens is 1. The number of fused-ring (bicyclic) bond motifs is 1. The average molecular weight is 539 g/mol. The summed E-state index contributed by atoms with van der Waals surface area (Å²) in [5.41, 5.74) is 1.06. The predicted octanol–water partition coefficient (Wildman–Crippen LogP) is 2.74. The molecule has 2 amide bonds. The van der Waals surface area contributed by atoms with Crippen LogP contribution in [0.5, 0.6) is 0 Å². The van der Waals surface area contributed by atoms with Crippen molar-refractivity contribution in [3.63, 3.8) is 0 Å². The lowest BCUT2D eigenvalue weighted by molar-refractivity contribution is -0.132. The van der Waals surface area contributed by atoms with Gasteiger partial charge in [0.05, 0.1) is 18.1 Å². The molecule has 0 spiro atoms. The van der Waals surface area contributed by atoms with Crippen molar-refractivity contribution in [1.82, 2.24) is 29.7 Å². The minimum absolute atomic E-state index is 0.0323. The highest BCUT2D eigenvalue weighted by Crippen LogP contribution is 2.53. The van der Waals surface area contributed by atoms with Gasteiger partial charge in [-0.05, 0) is 32.0 Å². The molecule has 38 heavy (non-hydrogen) atoms. The van der Waals surface area contributed by atoms with E-state index in [2.05, 4.69) is 50.9 Å². The van der Waals surface area contributed by atoms with E-state index in [0.29, 0.717) is 47.2 Å². The number of likely N-dealkylation sites (tertiary alicyclic amines) is 1. The molecular weight excluding hydrogens is 504 g/mol. The minimum Gasteiger partial charge on any atom is -0.354 e. The largest absolute Gasteiger partial charge is 0.354 e. The molecule has 2 atom stereocenters. The molecule has 0 bridgehead atoms. The van der Waals surface area contributed by atoms with Crippen LogP contribution in [0.3, 0.4) is 0 Å². The first kappa shape index (κ1) is 25.3. The number of carbonyl (C=O) groups is 2. The molecule has 0 radical (unpaired) electrons. The van der Waals surface area contributed by atoms with Crippen molar-refractivity contribution >= 4 is 40.9 Å². The summed E-state index contributed by atoms with van der Waals surface area (Å²) >= 11 is 6.58. The molecule has 4 aliphatic rings. The van der Waals surface area contributed by atoms with Crippen molar-refractivity contribution in [3.8, 4) is 0 Å². The number of likely N-dealkylation sites (N-methyl/N-ethyl adjacent to an activating group) is 1. The first-order valence-electron chi connectivity index (χ1n) is 13.4. The van der Waals surface area contributed by atoms with E-state index >= 15 is 0 Å². The van der Waals surface area contributed by atoms with E-state index in [0.717, 1.165) is 52.1 Å². The van der Waals surface area contributed by atoms with Crippen LogP contribution in [0.25, 0.3) is 0 Å². The third kappa shape index (κ3) is 4.58. The van der Waals surface area contributed by atoms with Gasteiger partial charge in [-0.2, -0.15) is 4.98 Å². The fourth-order valence-electron chi connectivity index (χ4n) is 6.09. The van der Waals surface area contributed by atoms with E-state index in [1.54, 1.807) is 18.5 Å². The Kier molecular flexibility index (Phi) is 6.22. The van der Waals surface area contributed by atoms with Crippen LogP contribution in [-0.4, -0.2) is 101 Å². The number of pyridine rings is 1. The summed E-state index contributed by atoms with van der Waals surface area (Å²) in [6, 6.07) is 3.56. The maximum Gasteiger partial charge on any atom is 0.272 e. The van der Waals surface area contributed by atoms with E-state index in [9.17, 15) is 9.59 Å². The Morgan fingerprint density at radius 2 is 1.63 bits per heavy atom. The number of nitrogens with zero attached hydrogens (tertiary/aromatic N) is 7. The van der Waals surface area contributed by atoms with Crippen LogP contribution in [-0.2, 0) is 4.79 Å². The van der Waals surface area contributed by atoms with Crippen LogP contribution in [0.4, 0.5) is 17.5 Å². The number of piperazine rings is 1. The number of nitrogens with one attached hydrogen (secondary N) is 1. The number of hydrogen-bond acceptors (Lipinski definition) is 8. The monoisotopic (exact) mass is 538 g/mol. The normalized spacial score (nSPS) is 27.5. The van der Waals surface area contributed by atoms with Gasteiger partial charge >= 0.3 is 0 Å². The summed E-state index contributed by atoms with van der Waals surface area (Å²) in [6.45, 7) is 10.8. The molecule has 0 aromatic carbocycles. The Balaban J connectivity index is 1.13. The first-order chi connectivity index (χ1) is 18.1. The zero-order valence-electron chi connectivity index (χ0n) is 22.3. The van der Waals surface area contributed by atoms with Crippen molar-refractivity contribution < 1.29 is 9.59 Å². The third-order valence-corrected chi connectivity index (χ3v) is 9.18. The smallest absolute Gasteiger partial charge is 0.272 e. The molecule has 202 valence electrons. The van der Waals surface area contributed by atoms with Gasteiger partial charge in [-0.1, -0.05) is 25.4 Å². The van der Waals surface area contributed by atoms with Crippen LogP contribution in [0.15, 0.2) is 24.5 Å². The zero-order chi connectivity index (χ0) is 26.7. The predicted molar refractivity (Wildman–Crippen MR) is 146 cm³/mol. The van der Waals surface area contributed by atoms with Gasteiger partial charge in [0.1, 0.15) is 10.7 Å². The summed E-state index contributed by atoms with van der Waals surface area (Å²) in [6.07, 6.45) is 5.32. The number of hydrogen-bond donors (Lipinski definition) is 1. The van der Waals surface area contributed by atoms with E-state index in [-0.39, 0.29) is 22.7 Å². The highest BCUT2D eigenvalue weighted by atomic mass is 35.5. The number of anilines is 3. The van der Waals surface area contributed by atoms with Gasteiger partial charge in [0.25, 0.3) is 5.91 Å². The van der Waals surface area contributed by atoms with Crippen LogP contribution in [0, 0.1) is 16.7 Å². The lowest BCUT2D eigenvalue weighted by atomic mass is 9.71. The number of aromatic nitrogens is 3. The summed E-state index contributed by atoms with van der Waals surface area (Å²) < 4.78 is 0. The Labute approximate surface area is 228 Å². The van der Waals surface area contributed by atoms with Gasteiger partial charge in [-0.15, -0.1) is 0 Å². The molecule has 3 saturated heterocycles. The van der Waals surface area contributed by atoms with Crippen LogP contribution in [0.1, 0.15) is 37.2 Å². The summed E-state index contributed by atoms with van der Waals surface area (Å²) in [5.74, 6) is 1.63. The van der Waals surface area contributed by atoms with E-state index in [1.165, 1.54) is 0 Å². The molecule has 11 heteroatoms. The van der Waals surface area contributed by atoms with E-state index < -0.39 is 0 Å². The van der Waals surface area contributed by atoms with E-state index in [4.69, 9.17) is 16.6 Å².